The number of rotatable bonds is 6. The summed E-state index contributed by atoms with van der Waals surface area (Å²) in [6.07, 6.45) is 1.63. The van der Waals surface area contributed by atoms with E-state index in [4.69, 9.17) is 9.15 Å². The quantitative estimate of drug-likeness (QED) is 0.334. The van der Waals surface area contributed by atoms with Gasteiger partial charge in [0, 0.05) is 11.8 Å². The molecule has 7 nitrogen and oxygen atoms in total. The maximum absolute atomic E-state index is 13.2. The number of furan rings is 1. The summed E-state index contributed by atoms with van der Waals surface area (Å²) in [5, 5.41) is 11.3. The Bertz CT molecular complexity index is 1230. The number of pyridine rings is 1. The third-order valence-electron chi connectivity index (χ3n) is 5.75. The molecule has 1 saturated heterocycles. The van der Waals surface area contributed by atoms with Crippen LogP contribution in [0.15, 0.2) is 64.7 Å². The van der Waals surface area contributed by atoms with E-state index < -0.39 is 17.7 Å². The third kappa shape index (κ3) is 4.14. The number of aryl methyl sites for hydroxylation is 1. The summed E-state index contributed by atoms with van der Waals surface area (Å²) in [4.78, 5) is 31.9. The summed E-state index contributed by atoms with van der Waals surface area (Å²) in [6.45, 7) is 5.91. The zero-order chi connectivity index (χ0) is 23.7. The molecule has 1 unspecified atom stereocenters. The van der Waals surface area contributed by atoms with E-state index in [2.05, 4.69) is 4.98 Å². The maximum Gasteiger partial charge on any atom is 0.296 e. The van der Waals surface area contributed by atoms with Gasteiger partial charge in [0.25, 0.3) is 11.7 Å². The van der Waals surface area contributed by atoms with E-state index in [1.165, 1.54) is 4.90 Å². The monoisotopic (exact) mass is 446 g/mol. The number of aromatic nitrogens is 1. The van der Waals surface area contributed by atoms with Gasteiger partial charge in [0.2, 0.25) is 0 Å². The van der Waals surface area contributed by atoms with Gasteiger partial charge in [-0.05, 0) is 60.9 Å². The maximum atomic E-state index is 13.2. The molecule has 2 aromatic heterocycles. The van der Waals surface area contributed by atoms with Gasteiger partial charge in [-0.3, -0.25) is 14.6 Å². The second-order valence-electron chi connectivity index (χ2n) is 8.31. The number of hydrogen-bond acceptors (Lipinski definition) is 6. The molecule has 33 heavy (non-hydrogen) atoms. The van der Waals surface area contributed by atoms with Crippen LogP contribution in [0.2, 0.25) is 0 Å². The van der Waals surface area contributed by atoms with Crippen molar-refractivity contribution in [1.29, 1.82) is 0 Å². The Hall–Kier alpha value is -3.87. The number of nitrogens with zero attached hydrogens (tertiary/aromatic N) is 2. The van der Waals surface area contributed by atoms with E-state index in [1.807, 2.05) is 19.9 Å². The zero-order valence-electron chi connectivity index (χ0n) is 19.0. The molecule has 3 heterocycles. The molecule has 7 heteroatoms. The average Bonchev–Trinajstić information content (AvgIpc) is 3.35. The molecule has 0 aliphatic carbocycles. The van der Waals surface area contributed by atoms with Crippen LogP contribution in [0.25, 0.3) is 5.76 Å². The molecule has 0 radical (unpaired) electrons. The van der Waals surface area contributed by atoms with Crippen LogP contribution in [0.5, 0.6) is 5.75 Å². The highest BCUT2D eigenvalue weighted by Gasteiger charge is 2.47. The fourth-order valence-electron chi connectivity index (χ4n) is 4.09. The SMILES string of the molecule is COc1ccc(/C(O)=C2/C(=O)C(=O)N(Cc3ccccn3)C2c2ccc(C)o2)cc1C(C)C. The molecule has 1 aromatic carbocycles. The van der Waals surface area contributed by atoms with Crippen molar-refractivity contribution in [2.45, 2.75) is 39.3 Å². The van der Waals surface area contributed by atoms with Gasteiger partial charge in [-0.25, -0.2) is 0 Å². The molecule has 1 aliphatic heterocycles. The van der Waals surface area contributed by atoms with Crippen LogP contribution in [0.1, 0.15) is 54.1 Å². The van der Waals surface area contributed by atoms with E-state index in [1.54, 1.807) is 62.7 Å². The minimum atomic E-state index is -0.870. The first-order valence-electron chi connectivity index (χ1n) is 10.7. The first-order valence-corrected chi connectivity index (χ1v) is 10.7. The molecule has 0 bridgehead atoms. The summed E-state index contributed by atoms with van der Waals surface area (Å²) in [6, 6.07) is 13.2. The Balaban J connectivity index is 1.86. The molecule has 3 aromatic rings. The number of benzene rings is 1. The molecule has 1 aliphatic rings. The number of carbonyl (C=O) groups excluding carboxylic acids is 2. The zero-order valence-corrected chi connectivity index (χ0v) is 19.0. The van der Waals surface area contributed by atoms with Crippen LogP contribution in [0, 0.1) is 6.92 Å². The number of ether oxygens (including phenoxy) is 1. The first-order chi connectivity index (χ1) is 15.8. The lowest BCUT2D eigenvalue weighted by Crippen LogP contribution is -2.29. The standard InChI is InChI=1S/C26H26N2O5/c1-15(2)19-13-17(9-11-20(19)32-4)24(29)22-23(21-10-8-16(3)33-21)28(26(31)25(22)30)14-18-7-5-6-12-27-18/h5-13,15,23,29H,14H2,1-4H3/b24-22-. The van der Waals surface area contributed by atoms with Crippen molar-refractivity contribution < 1.29 is 23.8 Å². The number of methoxy groups -OCH3 is 1. The predicted molar refractivity (Wildman–Crippen MR) is 123 cm³/mol. The second kappa shape index (κ2) is 8.94. The summed E-state index contributed by atoms with van der Waals surface area (Å²) in [5.74, 6) is 0.142. The van der Waals surface area contributed by atoms with Crippen molar-refractivity contribution in [2.24, 2.45) is 0 Å². The third-order valence-corrected chi connectivity index (χ3v) is 5.75. The second-order valence-corrected chi connectivity index (χ2v) is 8.31. The van der Waals surface area contributed by atoms with Crippen LogP contribution in [0.4, 0.5) is 0 Å². The van der Waals surface area contributed by atoms with Crippen molar-refractivity contribution in [3.8, 4) is 5.75 Å². The lowest BCUT2D eigenvalue weighted by Gasteiger charge is -2.23. The van der Waals surface area contributed by atoms with Gasteiger partial charge in [-0.2, -0.15) is 0 Å². The minimum Gasteiger partial charge on any atom is -0.507 e. The highest BCUT2D eigenvalue weighted by atomic mass is 16.5. The Kier molecular flexibility index (Phi) is 6.05. The van der Waals surface area contributed by atoms with Gasteiger partial charge in [-0.15, -0.1) is 0 Å². The van der Waals surface area contributed by atoms with Crippen molar-refractivity contribution in [3.63, 3.8) is 0 Å². The number of hydrogen-bond donors (Lipinski definition) is 1. The smallest absolute Gasteiger partial charge is 0.296 e. The number of amides is 1. The van der Waals surface area contributed by atoms with Gasteiger partial charge in [0.05, 0.1) is 24.9 Å². The van der Waals surface area contributed by atoms with E-state index >= 15 is 0 Å². The van der Waals surface area contributed by atoms with Crippen LogP contribution in [-0.4, -0.2) is 33.8 Å². The number of carbonyl (C=O) groups is 2. The molecule has 1 N–H and O–H groups in total. The molecule has 1 fully saturated rings. The summed E-state index contributed by atoms with van der Waals surface area (Å²) in [7, 11) is 1.59. The molecule has 0 saturated carbocycles. The van der Waals surface area contributed by atoms with Gasteiger partial charge in [-0.1, -0.05) is 19.9 Å². The van der Waals surface area contributed by atoms with Gasteiger partial charge >= 0.3 is 0 Å². The summed E-state index contributed by atoms with van der Waals surface area (Å²) in [5.41, 5.74) is 1.93. The van der Waals surface area contributed by atoms with Crippen LogP contribution >= 0.6 is 0 Å². The molecule has 1 amide bonds. The van der Waals surface area contributed by atoms with Crippen molar-refractivity contribution in [3.05, 3.63) is 88.6 Å². The molecule has 4 rings (SSSR count). The Morgan fingerprint density at radius 3 is 2.58 bits per heavy atom. The summed E-state index contributed by atoms with van der Waals surface area (Å²) >= 11 is 0. The number of aliphatic hydroxyl groups is 1. The minimum absolute atomic E-state index is 0.00912. The highest BCUT2D eigenvalue weighted by Crippen LogP contribution is 2.41. The number of likely N-dealkylation sites (tertiary alicyclic amines) is 1. The first kappa shape index (κ1) is 22.3. The van der Waals surface area contributed by atoms with Crippen LogP contribution in [-0.2, 0) is 16.1 Å². The Labute approximate surface area is 192 Å². The number of ketones is 1. The highest BCUT2D eigenvalue weighted by molar-refractivity contribution is 6.46. The van der Waals surface area contributed by atoms with Crippen molar-refractivity contribution >= 4 is 17.4 Å². The Morgan fingerprint density at radius 2 is 1.97 bits per heavy atom. The van der Waals surface area contributed by atoms with Crippen LogP contribution < -0.4 is 4.74 Å². The van der Waals surface area contributed by atoms with Crippen molar-refractivity contribution in [1.82, 2.24) is 9.88 Å². The Morgan fingerprint density at radius 1 is 1.18 bits per heavy atom. The average molecular weight is 447 g/mol. The van der Waals surface area contributed by atoms with E-state index in [0.29, 0.717) is 28.5 Å². The fraction of sp³-hybridized carbons (Fsp3) is 0.269. The lowest BCUT2D eigenvalue weighted by atomic mass is 9.95. The molecule has 0 spiro atoms. The van der Waals surface area contributed by atoms with Crippen molar-refractivity contribution in [2.75, 3.05) is 7.11 Å². The molecular weight excluding hydrogens is 420 g/mol. The van der Waals surface area contributed by atoms with Gasteiger partial charge < -0.3 is 19.2 Å². The molecule has 1 atom stereocenters. The van der Waals surface area contributed by atoms with E-state index in [-0.39, 0.29) is 23.8 Å². The number of Topliss-reactive ketones (excluding diaryl/α,β-unsaturated/α-hetero) is 1. The summed E-state index contributed by atoms with van der Waals surface area (Å²) < 4.78 is 11.2. The molecular formula is C26H26N2O5. The fourth-order valence-corrected chi connectivity index (χ4v) is 4.09. The van der Waals surface area contributed by atoms with Gasteiger partial charge in [0.1, 0.15) is 29.1 Å². The predicted octanol–water partition coefficient (Wildman–Crippen LogP) is 4.74. The van der Waals surface area contributed by atoms with E-state index in [0.717, 1.165) is 5.56 Å². The molecule has 170 valence electrons. The van der Waals surface area contributed by atoms with Crippen LogP contribution in [0.3, 0.4) is 0 Å². The number of aliphatic hydroxyl groups excluding tert-OH is 1. The lowest BCUT2D eigenvalue weighted by molar-refractivity contribution is -0.140. The van der Waals surface area contributed by atoms with E-state index in [9.17, 15) is 14.7 Å². The normalized spacial score (nSPS) is 17.7. The topological polar surface area (TPSA) is 92.9 Å². The van der Waals surface area contributed by atoms with Gasteiger partial charge in [0.15, 0.2) is 0 Å². The largest absolute Gasteiger partial charge is 0.507 e.